The van der Waals surface area contributed by atoms with E-state index >= 15 is 0 Å². The summed E-state index contributed by atoms with van der Waals surface area (Å²) in [5.41, 5.74) is 0.0179. The molecule has 1 aromatic carbocycles. The highest BCUT2D eigenvalue weighted by molar-refractivity contribution is 7.17. The van der Waals surface area contributed by atoms with Crippen LogP contribution < -0.4 is 0 Å². The van der Waals surface area contributed by atoms with Crippen molar-refractivity contribution in [3.05, 3.63) is 59.0 Å². The van der Waals surface area contributed by atoms with Crippen LogP contribution in [-0.2, 0) is 0 Å². The SMILES string of the molecule is Fc1ccc(F)c(-c2nnc3sc(/C=C/c4ccco4)nn23)c1. The second-order valence-corrected chi connectivity index (χ2v) is 5.62. The van der Waals surface area contributed by atoms with Crippen molar-refractivity contribution in [1.29, 1.82) is 0 Å². The van der Waals surface area contributed by atoms with Crippen LogP contribution in [0.2, 0.25) is 0 Å². The van der Waals surface area contributed by atoms with Gasteiger partial charge in [-0.3, -0.25) is 0 Å². The van der Waals surface area contributed by atoms with Gasteiger partial charge in [-0.05, 0) is 42.5 Å². The molecule has 114 valence electrons. The topological polar surface area (TPSA) is 56.2 Å². The molecule has 0 spiro atoms. The average Bonchev–Trinajstić information content (AvgIpc) is 3.23. The Hall–Kier alpha value is -2.87. The van der Waals surface area contributed by atoms with Crippen molar-refractivity contribution in [3.63, 3.8) is 0 Å². The first-order chi connectivity index (χ1) is 11.2. The summed E-state index contributed by atoms with van der Waals surface area (Å²) in [5.74, 6) is -0.286. The fraction of sp³-hybridized carbons (Fsp3) is 0. The van der Waals surface area contributed by atoms with E-state index in [0.29, 0.717) is 15.7 Å². The summed E-state index contributed by atoms with van der Waals surface area (Å²) in [7, 11) is 0. The normalized spacial score (nSPS) is 11.7. The summed E-state index contributed by atoms with van der Waals surface area (Å²) in [4.78, 5) is 0.489. The van der Waals surface area contributed by atoms with Crippen molar-refractivity contribution in [2.24, 2.45) is 0 Å². The van der Waals surface area contributed by atoms with Crippen LogP contribution in [0, 0.1) is 11.6 Å². The molecule has 8 heteroatoms. The molecule has 3 heterocycles. The maximum Gasteiger partial charge on any atom is 0.235 e. The molecule has 0 N–H and O–H groups in total. The van der Waals surface area contributed by atoms with Gasteiger partial charge in [-0.25, -0.2) is 8.78 Å². The van der Waals surface area contributed by atoms with Gasteiger partial charge in [0.1, 0.15) is 22.4 Å². The van der Waals surface area contributed by atoms with E-state index in [4.69, 9.17) is 4.42 Å². The lowest BCUT2D eigenvalue weighted by Crippen LogP contribution is -1.94. The minimum Gasteiger partial charge on any atom is -0.465 e. The summed E-state index contributed by atoms with van der Waals surface area (Å²) >= 11 is 1.28. The largest absolute Gasteiger partial charge is 0.465 e. The van der Waals surface area contributed by atoms with E-state index in [-0.39, 0.29) is 11.4 Å². The Morgan fingerprint density at radius 3 is 2.87 bits per heavy atom. The first-order valence-corrected chi connectivity index (χ1v) is 7.41. The predicted octanol–water partition coefficient (Wildman–Crippen LogP) is 3.89. The minimum absolute atomic E-state index is 0.0179. The lowest BCUT2D eigenvalue weighted by molar-refractivity contribution is 0.557. The smallest absolute Gasteiger partial charge is 0.235 e. The van der Waals surface area contributed by atoms with Crippen LogP contribution in [0.4, 0.5) is 8.78 Å². The molecule has 0 saturated heterocycles. The Morgan fingerprint density at radius 1 is 1.13 bits per heavy atom. The fourth-order valence-corrected chi connectivity index (χ4v) is 2.82. The number of hydrogen-bond acceptors (Lipinski definition) is 5. The number of aromatic nitrogens is 4. The zero-order chi connectivity index (χ0) is 15.8. The Morgan fingerprint density at radius 2 is 2.04 bits per heavy atom. The van der Waals surface area contributed by atoms with Gasteiger partial charge in [0.25, 0.3) is 0 Å². The molecular weight excluding hydrogens is 322 g/mol. The number of fused-ring (bicyclic) bond motifs is 1. The van der Waals surface area contributed by atoms with Gasteiger partial charge in [-0.1, -0.05) is 11.3 Å². The standard InChI is InChI=1S/C15H8F2N4OS/c16-9-3-5-12(17)11(8-9)14-18-19-15-21(14)20-13(23-15)6-4-10-2-1-7-22-10/h1-8H/b6-4+. The molecule has 0 aliphatic rings. The molecule has 0 atom stereocenters. The number of rotatable bonds is 3. The molecule has 0 fully saturated rings. The van der Waals surface area contributed by atoms with Crippen LogP contribution in [0.3, 0.4) is 0 Å². The molecule has 3 aromatic heterocycles. The highest BCUT2D eigenvalue weighted by Gasteiger charge is 2.16. The summed E-state index contributed by atoms with van der Waals surface area (Å²) in [6, 6.07) is 6.77. The van der Waals surface area contributed by atoms with E-state index in [0.717, 1.165) is 18.2 Å². The van der Waals surface area contributed by atoms with Gasteiger partial charge in [-0.15, -0.1) is 10.2 Å². The van der Waals surface area contributed by atoms with E-state index in [1.54, 1.807) is 24.5 Å². The van der Waals surface area contributed by atoms with Crippen LogP contribution in [-0.4, -0.2) is 19.8 Å². The molecular formula is C15H8F2N4OS. The second kappa shape index (κ2) is 5.40. The third kappa shape index (κ3) is 2.53. The van der Waals surface area contributed by atoms with Crippen molar-refractivity contribution in [2.45, 2.75) is 0 Å². The average molecular weight is 330 g/mol. The fourth-order valence-electron chi connectivity index (χ4n) is 2.08. The molecule has 23 heavy (non-hydrogen) atoms. The van der Waals surface area contributed by atoms with E-state index in [1.165, 1.54) is 15.9 Å². The van der Waals surface area contributed by atoms with Gasteiger partial charge in [0.05, 0.1) is 11.8 Å². The molecule has 5 nitrogen and oxygen atoms in total. The van der Waals surface area contributed by atoms with Gasteiger partial charge in [-0.2, -0.15) is 9.61 Å². The molecule has 4 rings (SSSR count). The summed E-state index contributed by atoms with van der Waals surface area (Å²) in [6.07, 6.45) is 5.08. The maximum atomic E-state index is 13.9. The number of hydrogen-bond donors (Lipinski definition) is 0. The minimum atomic E-state index is -0.582. The van der Waals surface area contributed by atoms with E-state index < -0.39 is 11.6 Å². The molecule has 0 bridgehead atoms. The molecule has 0 unspecified atom stereocenters. The van der Waals surface area contributed by atoms with E-state index in [9.17, 15) is 8.78 Å². The number of nitrogens with zero attached hydrogens (tertiary/aromatic N) is 4. The molecule has 0 radical (unpaired) electrons. The molecule has 4 aromatic rings. The highest BCUT2D eigenvalue weighted by atomic mass is 32.1. The monoisotopic (exact) mass is 330 g/mol. The number of halogens is 2. The van der Waals surface area contributed by atoms with Gasteiger partial charge in [0.2, 0.25) is 4.96 Å². The van der Waals surface area contributed by atoms with Crippen LogP contribution in [0.15, 0.2) is 41.0 Å². The maximum absolute atomic E-state index is 13.9. The first-order valence-electron chi connectivity index (χ1n) is 6.60. The van der Waals surface area contributed by atoms with E-state index in [1.807, 2.05) is 6.07 Å². The van der Waals surface area contributed by atoms with E-state index in [2.05, 4.69) is 15.3 Å². The third-order valence-electron chi connectivity index (χ3n) is 3.11. The molecule has 0 aliphatic carbocycles. The Kier molecular flexibility index (Phi) is 3.23. The van der Waals surface area contributed by atoms with Crippen LogP contribution in [0.1, 0.15) is 10.8 Å². The zero-order valence-corrected chi connectivity index (χ0v) is 12.3. The van der Waals surface area contributed by atoms with Crippen molar-refractivity contribution < 1.29 is 13.2 Å². The van der Waals surface area contributed by atoms with Crippen molar-refractivity contribution in [3.8, 4) is 11.4 Å². The number of furan rings is 1. The van der Waals surface area contributed by atoms with Crippen molar-refractivity contribution in [1.82, 2.24) is 19.8 Å². The van der Waals surface area contributed by atoms with Crippen molar-refractivity contribution in [2.75, 3.05) is 0 Å². The quantitative estimate of drug-likeness (QED) is 0.572. The summed E-state index contributed by atoms with van der Waals surface area (Å²) in [5, 5.41) is 12.8. The highest BCUT2D eigenvalue weighted by Crippen LogP contribution is 2.25. The Balaban J connectivity index is 1.76. The summed E-state index contributed by atoms with van der Waals surface area (Å²) in [6.45, 7) is 0. The molecule has 0 saturated carbocycles. The van der Waals surface area contributed by atoms with Gasteiger partial charge in [0.15, 0.2) is 5.82 Å². The first kappa shape index (κ1) is 13.8. The third-order valence-corrected chi connectivity index (χ3v) is 3.97. The Labute approximate surface area is 132 Å². The molecule has 0 amide bonds. The van der Waals surface area contributed by atoms with Crippen molar-refractivity contribution >= 4 is 28.4 Å². The van der Waals surface area contributed by atoms with Gasteiger partial charge >= 0.3 is 0 Å². The lowest BCUT2D eigenvalue weighted by Gasteiger charge is -1.99. The predicted molar refractivity (Wildman–Crippen MR) is 81.6 cm³/mol. The van der Waals surface area contributed by atoms with Gasteiger partial charge < -0.3 is 4.42 Å². The second-order valence-electron chi connectivity index (χ2n) is 4.63. The Bertz CT molecular complexity index is 1000. The summed E-state index contributed by atoms with van der Waals surface area (Å²) < 4.78 is 33.9. The zero-order valence-electron chi connectivity index (χ0n) is 11.5. The van der Waals surface area contributed by atoms with Crippen LogP contribution in [0.5, 0.6) is 0 Å². The molecule has 0 aliphatic heterocycles. The van der Waals surface area contributed by atoms with Crippen LogP contribution >= 0.6 is 11.3 Å². The lowest BCUT2D eigenvalue weighted by atomic mass is 10.2. The van der Waals surface area contributed by atoms with Crippen LogP contribution in [0.25, 0.3) is 28.5 Å². The number of benzene rings is 1. The van der Waals surface area contributed by atoms with Gasteiger partial charge in [0, 0.05) is 0 Å².